The molecule has 1 unspecified atom stereocenters. The molecule has 1 N–H and O–H groups in total. The van der Waals surface area contributed by atoms with Crippen LogP contribution < -0.4 is 14.8 Å². The summed E-state index contributed by atoms with van der Waals surface area (Å²) in [5, 5.41) is 2.96. The fourth-order valence-corrected chi connectivity index (χ4v) is 4.95. The monoisotopic (exact) mass is 399 g/mol. The molecule has 7 heteroatoms. The van der Waals surface area contributed by atoms with Crippen LogP contribution in [0, 0.1) is 6.92 Å². The first-order valence-corrected chi connectivity index (χ1v) is 9.86. The van der Waals surface area contributed by atoms with Crippen LogP contribution in [0.4, 0.5) is 0 Å². The van der Waals surface area contributed by atoms with E-state index in [1.165, 1.54) is 18.9 Å². The Kier molecular flexibility index (Phi) is 4.93. The van der Waals surface area contributed by atoms with Crippen molar-refractivity contribution >= 4 is 23.6 Å². The van der Waals surface area contributed by atoms with Crippen LogP contribution in [0.1, 0.15) is 23.6 Å². The molecule has 28 heavy (non-hydrogen) atoms. The van der Waals surface area contributed by atoms with Gasteiger partial charge in [0.2, 0.25) is 5.91 Å². The molecule has 1 amide bonds. The molecule has 2 aromatic carbocycles. The first kappa shape index (κ1) is 18.7. The quantitative estimate of drug-likeness (QED) is 0.797. The third-order valence-electron chi connectivity index (χ3n) is 4.95. The summed E-state index contributed by atoms with van der Waals surface area (Å²) in [4.78, 5) is 26.2. The molecule has 146 valence electrons. The second kappa shape index (κ2) is 7.39. The number of carbonyl (C=O) groups excluding carboxylic acids is 2. The Morgan fingerprint density at radius 3 is 2.57 bits per heavy atom. The molecular weight excluding hydrogens is 378 g/mol. The highest BCUT2D eigenvalue weighted by Crippen LogP contribution is 2.50. The van der Waals surface area contributed by atoms with Crippen molar-refractivity contribution in [2.45, 2.75) is 29.0 Å². The summed E-state index contributed by atoms with van der Waals surface area (Å²) in [7, 11) is 1.35. The van der Waals surface area contributed by atoms with Gasteiger partial charge in [-0.05, 0) is 36.8 Å². The van der Waals surface area contributed by atoms with Gasteiger partial charge in [0.25, 0.3) is 0 Å². The lowest BCUT2D eigenvalue weighted by molar-refractivity contribution is -0.144. The molecule has 0 aromatic heterocycles. The van der Waals surface area contributed by atoms with Crippen LogP contribution in [0.25, 0.3) is 0 Å². The molecule has 6 nitrogen and oxygen atoms in total. The van der Waals surface area contributed by atoms with Crippen LogP contribution in [-0.2, 0) is 14.3 Å². The highest BCUT2D eigenvalue weighted by atomic mass is 32.2. The average Bonchev–Trinajstić information content (AvgIpc) is 3.05. The lowest BCUT2D eigenvalue weighted by atomic mass is 9.92. The largest absolute Gasteiger partial charge is 0.486 e. The second-order valence-corrected chi connectivity index (χ2v) is 8.28. The number of hydrogen-bond acceptors (Lipinski definition) is 6. The van der Waals surface area contributed by atoms with Crippen molar-refractivity contribution in [2.24, 2.45) is 0 Å². The van der Waals surface area contributed by atoms with E-state index in [0.717, 1.165) is 16.0 Å². The molecule has 2 heterocycles. The number of nitrogens with one attached hydrogen (secondary N) is 1. The number of ether oxygens (including phenoxy) is 3. The van der Waals surface area contributed by atoms with Crippen LogP contribution >= 0.6 is 11.8 Å². The molecule has 0 saturated carbocycles. The van der Waals surface area contributed by atoms with Gasteiger partial charge in [0, 0.05) is 4.90 Å². The number of rotatable bonds is 4. The van der Waals surface area contributed by atoms with Gasteiger partial charge in [0.1, 0.15) is 13.2 Å². The number of esters is 1. The Bertz CT molecular complexity index is 914. The highest BCUT2D eigenvalue weighted by Gasteiger charge is 2.55. The molecule has 2 atom stereocenters. The molecular formula is C21H21NO5S. The smallest absolute Gasteiger partial charge is 0.325 e. The van der Waals surface area contributed by atoms with E-state index in [0.29, 0.717) is 24.7 Å². The van der Waals surface area contributed by atoms with Gasteiger partial charge in [-0.25, -0.2) is 0 Å². The highest BCUT2D eigenvalue weighted by molar-refractivity contribution is 8.01. The normalized spacial score (nSPS) is 23.2. The number of amides is 1. The number of thioether (sulfide) groups is 1. The van der Waals surface area contributed by atoms with Crippen LogP contribution in [0.15, 0.2) is 47.4 Å². The zero-order valence-corrected chi connectivity index (χ0v) is 16.5. The van der Waals surface area contributed by atoms with E-state index in [9.17, 15) is 9.59 Å². The Balaban J connectivity index is 1.75. The Morgan fingerprint density at radius 2 is 1.86 bits per heavy atom. The fraction of sp³-hybridized carbons (Fsp3) is 0.333. The number of aryl methyl sites for hydroxylation is 1. The second-order valence-electron chi connectivity index (χ2n) is 6.88. The molecule has 2 aliphatic heterocycles. The van der Waals surface area contributed by atoms with Gasteiger partial charge in [-0.15, -0.1) is 11.8 Å². The third kappa shape index (κ3) is 3.30. The van der Waals surface area contributed by atoms with Crippen molar-refractivity contribution in [2.75, 3.05) is 20.3 Å². The van der Waals surface area contributed by atoms with Crippen molar-refractivity contribution in [1.82, 2.24) is 5.32 Å². The van der Waals surface area contributed by atoms with Crippen molar-refractivity contribution in [3.05, 3.63) is 53.6 Å². The Hall–Kier alpha value is -2.67. The van der Waals surface area contributed by atoms with Gasteiger partial charge < -0.3 is 19.5 Å². The molecule has 1 saturated heterocycles. The first-order chi connectivity index (χ1) is 13.5. The molecule has 2 aromatic rings. The van der Waals surface area contributed by atoms with Crippen LogP contribution in [-0.4, -0.2) is 36.9 Å². The van der Waals surface area contributed by atoms with Crippen LogP contribution in [0.3, 0.4) is 0 Å². The van der Waals surface area contributed by atoms with E-state index < -0.39 is 16.8 Å². The molecule has 0 aliphatic carbocycles. The number of benzene rings is 2. The molecule has 4 rings (SSSR count). The molecule has 2 aliphatic rings. The summed E-state index contributed by atoms with van der Waals surface area (Å²) in [6.07, 6.45) is 0.0390. The van der Waals surface area contributed by atoms with Gasteiger partial charge in [-0.1, -0.05) is 23.8 Å². The Labute approximate surface area is 167 Å². The maximum atomic E-state index is 12.9. The average molecular weight is 399 g/mol. The van der Waals surface area contributed by atoms with E-state index in [4.69, 9.17) is 14.2 Å². The summed E-state index contributed by atoms with van der Waals surface area (Å²) >= 11 is 1.35. The number of hydrogen-bond donors (Lipinski definition) is 1. The topological polar surface area (TPSA) is 73.9 Å². The predicted octanol–water partition coefficient (Wildman–Crippen LogP) is 3.03. The van der Waals surface area contributed by atoms with Gasteiger partial charge in [0.05, 0.1) is 19.6 Å². The minimum absolute atomic E-state index is 0.0390. The SMILES string of the molecule is COC(=O)[C@@]1(Sc2ccc(C)cc2)CC(=O)NC1c1ccc2c(c1)OCCO2. The van der Waals surface area contributed by atoms with Crippen molar-refractivity contribution in [3.63, 3.8) is 0 Å². The van der Waals surface area contributed by atoms with Gasteiger partial charge >= 0.3 is 5.97 Å². The molecule has 0 radical (unpaired) electrons. The zero-order chi connectivity index (χ0) is 19.7. The first-order valence-electron chi connectivity index (χ1n) is 9.05. The Morgan fingerprint density at radius 1 is 1.14 bits per heavy atom. The van der Waals surface area contributed by atoms with Gasteiger partial charge in [0.15, 0.2) is 16.2 Å². The third-order valence-corrected chi connectivity index (χ3v) is 6.37. The van der Waals surface area contributed by atoms with Crippen LogP contribution in [0.2, 0.25) is 0 Å². The van der Waals surface area contributed by atoms with E-state index in [-0.39, 0.29) is 12.3 Å². The maximum absolute atomic E-state index is 12.9. The van der Waals surface area contributed by atoms with E-state index in [2.05, 4.69) is 5.32 Å². The standard InChI is InChI=1S/C21H21NO5S/c1-13-3-6-15(7-4-13)28-21(20(24)25-2)12-18(23)22-19(21)14-5-8-16-17(11-14)27-10-9-26-16/h3-8,11,19H,9-10,12H2,1-2H3,(H,22,23)/t19?,21-/m1/s1. The molecule has 0 bridgehead atoms. The van der Waals surface area contributed by atoms with Crippen molar-refractivity contribution in [3.8, 4) is 11.5 Å². The lowest BCUT2D eigenvalue weighted by Crippen LogP contribution is -2.41. The minimum atomic E-state index is -1.11. The molecule has 1 fully saturated rings. The van der Waals surface area contributed by atoms with Crippen LogP contribution in [0.5, 0.6) is 11.5 Å². The van der Waals surface area contributed by atoms with E-state index in [1.54, 1.807) is 0 Å². The summed E-state index contributed by atoms with van der Waals surface area (Å²) in [5.74, 6) is 0.652. The zero-order valence-electron chi connectivity index (χ0n) is 15.7. The van der Waals surface area contributed by atoms with E-state index in [1.807, 2.05) is 49.4 Å². The van der Waals surface area contributed by atoms with Crippen molar-refractivity contribution in [1.29, 1.82) is 0 Å². The summed E-state index contributed by atoms with van der Waals surface area (Å²) in [6, 6.07) is 12.8. The summed E-state index contributed by atoms with van der Waals surface area (Å²) in [5.41, 5.74) is 1.90. The number of fused-ring (bicyclic) bond motifs is 1. The van der Waals surface area contributed by atoms with Gasteiger partial charge in [-0.3, -0.25) is 9.59 Å². The number of methoxy groups -OCH3 is 1. The predicted molar refractivity (Wildman–Crippen MR) is 105 cm³/mol. The lowest BCUT2D eigenvalue weighted by Gasteiger charge is -2.31. The minimum Gasteiger partial charge on any atom is -0.486 e. The van der Waals surface area contributed by atoms with Crippen molar-refractivity contribution < 1.29 is 23.8 Å². The summed E-state index contributed by atoms with van der Waals surface area (Å²) in [6.45, 7) is 2.97. The molecule has 0 spiro atoms. The van der Waals surface area contributed by atoms with Gasteiger partial charge in [-0.2, -0.15) is 0 Å². The summed E-state index contributed by atoms with van der Waals surface area (Å²) < 4.78 is 15.3. The van der Waals surface area contributed by atoms with E-state index >= 15 is 0 Å². The fourth-order valence-electron chi connectivity index (χ4n) is 3.58. The number of carbonyl (C=O) groups is 2. The maximum Gasteiger partial charge on any atom is 0.325 e.